The highest BCUT2D eigenvalue weighted by Gasteiger charge is 2.15. The predicted octanol–water partition coefficient (Wildman–Crippen LogP) is 3.48. The third-order valence-corrected chi connectivity index (χ3v) is 4.60. The van der Waals surface area contributed by atoms with Crippen LogP contribution >= 0.6 is 22.9 Å². The van der Waals surface area contributed by atoms with Gasteiger partial charge in [0.05, 0.1) is 65.4 Å². The molecule has 0 saturated carbocycles. The Morgan fingerprint density at radius 2 is 2.00 bits per heavy atom. The smallest absolute Gasteiger partial charge is 0.146 e. The van der Waals surface area contributed by atoms with Crippen molar-refractivity contribution in [2.75, 3.05) is 22.9 Å². The van der Waals surface area contributed by atoms with Gasteiger partial charge >= 0.3 is 0 Å². The SMILES string of the molecule is CCCCOC1=C/C(=N\c2ccc(N(I)CCO)cc2)C(N)=CC1=N. The van der Waals surface area contributed by atoms with Crippen LogP contribution in [0.1, 0.15) is 19.8 Å². The normalized spacial score (nSPS) is 15.8. The number of aliphatic imine (C=N–C) groups is 1. The number of nitrogens with one attached hydrogen (secondary N) is 1. The Balaban J connectivity index is 2.17. The van der Waals surface area contributed by atoms with E-state index in [0.29, 0.717) is 30.3 Å². The van der Waals surface area contributed by atoms with Crippen molar-refractivity contribution in [3.05, 3.63) is 47.9 Å². The van der Waals surface area contributed by atoms with E-state index in [1.807, 2.05) is 27.4 Å². The molecular formula is C18H23IN4O2. The number of ether oxygens (including phenoxy) is 1. The van der Waals surface area contributed by atoms with E-state index in [4.69, 9.17) is 21.0 Å². The molecule has 0 radical (unpaired) electrons. The summed E-state index contributed by atoms with van der Waals surface area (Å²) in [7, 11) is 0. The summed E-state index contributed by atoms with van der Waals surface area (Å²) in [4.78, 5) is 4.56. The number of benzene rings is 1. The van der Waals surface area contributed by atoms with E-state index in [9.17, 15) is 0 Å². The molecule has 1 aromatic carbocycles. The molecule has 25 heavy (non-hydrogen) atoms. The molecule has 6 nitrogen and oxygen atoms in total. The highest BCUT2D eigenvalue weighted by molar-refractivity contribution is 14.1. The molecule has 134 valence electrons. The number of rotatable bonds is 8. The molecule has 0 atom stereocenters. The molecule has 0 unspecified atom stereocenters. The maximum Gasteiger partial charge on any atom is 0.146 e. The number of unbranched alkanes of at least 4 members (excludes halogenated alkanes) is 1. The molecule has 0 spiro atoms. The van der Waals surface area contributed by atoms with Crippen LogP contribution in [-0.2, 0) is 4.74 Å². The summed E-state index contributed by atoms with van der Waals surface area (Å²) in [6.07, 6.45) is 5.27. The van der Waals surface area contributed by atoms with E-state index in [0.717, 1.165) is 24.2 Å². The third kappa shape index (κ3) is 5.57. The van der Waals surface area contributed by atoms with E-state index in [1.54, 1.807) is 12.2 Å². The first kappa shape index (κ1) is 19.5. The van der Waals surface area contributed by atoms with Crippen LogP contribution in [0.2, 0.25) is 0 Å². The molecule has 0 aromatic heterocycles. The molecule has 0 saturated heterocycles. The fraction of sp³-hybridized carbons (Fsp3) is 0.333. The lowest BCUT2D eigenvalue weighted by molar-refractivity contribution is 0.226. The number of aliphatic hydroxyl groups is 1. The number of nitrogens with two attached hydrogens (primary N) is 1. The van der Waals surface area contributed by atoms with E-state index in [-0.39, 0.29) is 12.3 Å². The highest BCUT2D eigenvalue weighted by Crippen LogP contribution is 2.23. The first-order chi connectivity index (χ1) is 12.0. The predicted molar refractivity (Wildman–Crippen MR) is 111 cm³/mol. The zero-order valence-electron chi connectivity index (χ0n) is 14.2. The van der Waals surface area contributed by atoms with Crippen LogP contribution in [0.25, 0.3) is 0 Å². The largest absolute Gasteiger partial charge is 0.491 e. The van der Waals surface area contributed by atoms with Crippen molar-refractivity contribution in [1.82, 2.24) is 0 Å². The van der Waals surface area contributed by atoms with Gasteiger partial charge in [0.1, 0.15) is 5.76 Å². The molecule has 7 heteroatoms. The van der Waals surface area contributed by atoms with Crippen LogP contribution < -0.4 is 8.85 Å². The Morgan fingerprint density at radius 3 is 2.64 bits per heavy atom. The fourth-order valence-corrected chi connectivity index (χ4v) is 2.71. The summed E-state index contributed by atoms with van der Waals surface area (Å²) in [5.41, 5.74) is 9.08. The second-order valence-electron chi connectivity index (χ2n) is 5.55. The molecule has 0 fully saturated rings. The van der Waals surface area contributed by atoms with Gasteiger partial charge in [0.2, 0.25) is 0 Å². The monoisotopic (exact) mass is 454 g/mol. The van der Waals surface area contributed by atoms with Crippen LogP contribution in [0.15, 0.2) is 52.9 Å². The van der Waals surface area contributed by atoms with E-state index < -0.39 is 0 Å². The fourth-order valence-electron chi connectivity index (χ4n) is 2.17. The zero-order chi connectivity index (χ0) is 18.2. The average Bonchev–Trinajstić information content (AvgIpc) is 2.59. The van der Waals surface area contributed by atoms with Crippen LogP contribution in [-0.4, -0.2) is 36.3 Å². The minimum Gasteiger partial charge on any atom is -0.491 e. The summed E-state index contributed by atoms with van der Waals surface area (Å²) in [6.45, 7) is 3.34. The van der Waals surface area contributed by atoms with E-state index >= 15 is 0 Å². The maximum absolute atomic E-state index is 9.00. The second kappa shape index (κ2) is 9.57. The molecule has 2 rings (SSSR count). The molecule has 1 aromatic rings. The standard InChI is InChI=1S/C18H23IN4O2/c1-2-3-10-25-18-12-17(15(20)11-16(18)21)22-13-4-6-14(7-5-13)23(19)8-9-24/h4-7,11-12,21,24H,2-3,8-10,20H2,1H3/b21-16?,22-17+. The van der Waals surface area contributed by atoms with Crippen molar-refractivity contribution < 1.29 is 9.84 Å². The van der Waals surface area contributed by atoms with Gasteiger partial charge in [-0.05, 0) is 36.8 Å². The first-order valence-electron chi connectivity index (χ1n) is 8.19. The summed E-state index contributed by atoms with van der Waals surface area (Å²) >= 11 is 2.16. The topological polar surface area (TPSA) is 94.9 Å². The Hall–Kier alpha value is -1.87. The van der Waals surface area contributed by atoms with E-state index in [1.165, 1.54) is 0 Å². The minimum absolute atomic E-state index is 0.103. The summed E-state index contributed by atoms with van der Waals surface area (Å²) in [5.74, 6) is 0.499. The van der Waals surface area contributed by atoms with Crippen molar-refractivity contribution in [2.24, 2.45) is 10.7 Å². The summed E-state index contributed by atoms with van der Waals surface area (Å²) in [6, 6.07) is 7.66. The zero-order valence-corrected chi connectivity index (χ0v) is 16.4. The van der Waals surface area contributed by atoms with Gasteiger partial charge in [0, 0.05) is 11.8 Å². The molecule has 0 aliphatic heterocycles. The van der Waals surface area contributed by atoms with Gasteiger partial charge in [-0.15, -0.1) is 0 Å². The number of halogens is 1. The average molecular weight is 454 g/mol. The van der Waals surface area contributed by atoms with Crippen LogP contribution in [0.3, 0.4) is 0 Å². The summed E-state index contributed by atoms with van der Waals surface area (Å²) in [5, 5.41) is 17.0. The van der Waals surface area contributed by atoms with Crippen LogP contribution in [0.4, 0.5) is 11.4 Å². The van der Waals surface area contributed by atoms with Crippen molar-refractivity contribution in [2.45, 2.75) is 19.8 Å². The van der Waals surface area contributed by atoms with Gasteiger partial charge in [-0.2, -0.15) is 0 Å². The van der Waals surface area contributed by atoms with Gasteiger partial charge in [-0.25, -0.2) is 4.99 Å². The van der Waals surface area contributed by atoms with Gasteiger partial charge in [-0.1, -0.05) is 13.3 Å². The minimum atomic E-state index is 0.103. The Kier molecular flexibility index (Phi) is 7.45. The van der Waals surface area contributed by atoms with Crippen LogP contribution in [0.5, 0.6) is 0 Å². The van der Waals surface area contributed by atoms with Gasteiger partial charge in [-0.3, -0.25) is 5.41 Å². The first-order valence-corrected chi connectivity index (χ1v) is 9.15. The van der Waals surface area contributed by atoms with Gasteiger partial charge in [0.15, 0.2) is 0 Å². The van der Waals surface area contributed by atoms with Crippen molar-refractivity contribution in [3.63, 3.8) is 0 Å². The molecule has 4 N–H and O–H groups in total. The van der Waals surface area contributed by atoms with Crippen LogP contribution in [0, 0.1) is 5.41 Å². The summed E-state index contributed by atoms with van der Waals surface area (Å²) < 4.78 is 7.59. The lowest BCUT2D eigenvalue weighted by Gasteiger charge is -2.16. The number of allylic oxidation sites excluding steroid dienone is 2. The molecule has 1 aliphatic carbocycles. The Labute approximate surface area is 162 Å². The third-order valence-electron chi connectivity index (χ3n) is 3.56. The number of anilines is 1. The molecule has 0 amide bonds. The number of hydrogen-bond acceptors (Lipinski definition) is 6. The quantitative estimate of drug-likeness (QED) is 0.243. The van der Waals surface area contributed by atoms with Crippen molar-refractivity contribution >= 4 is 45.7 Å². The van der Waals surface area contributed by atoms with E-state index in [2.05, 4.69) is 34.8 Å². The van der Waals surface area contributed by atoms with Crippen molar-refractivity contribution in [1.29, 1.82) is 5.41 Å². The highest BCUT2D eigenvalue weighted by atomic mass is 127. The lowest BCUT2D eigenvalue weighted by atomic mass is 10.1. The molecule has 1 aliphatic rings. The Bertz CT molecular complexity index is 696. The Morgan fingerprint density at radius 1 is 1.28 bits per heavy atom. The number of nitrogens with zero attached hydrogens (tertiary/aromatic N) is 2. The maximum atomic E-state index is 9.00. The van der Waals surface area contributed by atoms with Gasteiger partial charge in [0.25, 0.3) is 0 Å². The number of hydrogen-bond donors (Lipinski definition) is 3. The molecule has 0 heterocycles. The molecular weight excluding hydrogens is 431 g/mol. The second-order valence-corrected chi connectivity index (χ2v) is 6.71. The van der Waals surface area contributed by atoms with Gasteiger partial charge < -0.3 is 18.7 Å². The molecule has 0 bridgehead atoms. The number of aliphatic hydroxyl groups excluding tert-OH is 1. The lowest BCUT2D eigenvalue weighted by Crippen LogP contribution is -2.19. The van der Waals surface area contributed by atoms with Crippen molar-refractivity contribution in [3.8, 4) is 0 Å².